The Bertz CT molecular complexity index is 1110. The number of nitrogens with one attached hydrogen (secondary N) is 2. The van der Waals surface area contributed by atoms with Crippen molar-refractivity contribution >= 4 is 29.2 Å². The smallest absolute Gasteiger partial charge is 0.342 e. The third kappa shape index (κ3) is 6.21. The first-order valence-corrected chi connectivity index (χ1v) is 9.91. The first-order chi connectivity index (χ1) is 15.4. The molecule has 0 spiro atoms. The Morgan fingerprint density at radius 2 is 1.72 bits per heavy atom. The predicted molar refractivity (Wildman–Crippen MR) is 117 cm³/mol. The summed E-state index contributed by atoms with van der Waals surface area (Å²) in [6.45, 7) is 0.807. The molecule has 0 radical (unpaired) electrons. The van der Waals surface area contributed by atoms with Crippen LogP contribution in [0, 0.1) is 5.82 Å². The van der Waals surface area contributed by atoms with Gasteiger partial charge >= 0.3 is 5.97 Å². The fourth-order valence-corrected chi connectivity index (χ4v) is 2.95. The Morgan fingerprint density at radius 1 is 1.00 bits per heavy atom. The quantitative estimate of drug-likeness (QED) is 0.500. The van der Waals surface area contributed by atoms with E-state index in [2.05, 4.69) is 15.6 Å². The first-order valence-electron chi connectivity index (χ1n) is 9.91. The highest BCUT2D eigenvalue weighted by Crippen LogP contribution is 2.21. The molecule has 0 aliphatic rings. The highest BCUT2D eigenvalue weighted by molar-refractivity contribution is 5.97. The number of hydrogen-bond acceptors (Lipinski definition) is 6. The van der Waals surface area contributed by atoms with Crippen molar-refractivity contribution in [3.05, 3.63) is 89.9 Å². The maximum absolute atomic E-state index is 13.9. The molecule has 7 nitrogen and oxygen atoms in total. The van der Waals surface area contributed by atoms with E-state index in [9.17, 15) is 18.8 Å². The van der Waals surface area contributed by atoms with E-state index in [0.29, 0.717) is 6.42 Å². The molecule has 0 fully saturated rings. The van der Waals surface area contributed by atoms with E-state index < -0.39 is 30.3 Å². The van der Waals surface area contributed by atoms with Gasteiger partial charge in [0.25, 0.3) is 5.91 Å². The number of para-hydroxylation sites is 1. The zero-order valence-electron chi connectivity index (χ0n) is 17.4. The summed E-state index contributed by atoms with van der Waals surface area (Å²) in [4.78, 5) is 40.8. The molecular formula is C24H22FN3O4. The minimum Gasteiger partial charge on any atom is -0.452 e. The molecule has 3 rings (SSSR count). The normalized spacial score (nSPS) is 11.3. The summed E-state index contributed by atoms with van der Waals surface area (Å²) in [7, 11) is 0. The summed E-state index contributed by atoms with van der Waals surface area (Å²) in [6, 6.07) is 17.4. The van der Waals surface area contributed by atoms with Gasteiger partial charge in [-0.05, 0) is 43.2 Å². The Hall–Kier alpha value is -4.07. The number of anilines is 2. The zero-order valence-corrected chi connectivity index (χ0v) is 17.4. The number of aromatic nitrogens is 1. The molecule has 8 heteroatoms. The molecule has 1 amide bonds. The van der Waals surface area contributed by atoms with E-state index in [0.717, 1.165) is 5.56 Å². The number of carbonyl (C=O) groups is 3. The number of amides is 1. The number of halogens is 1. The number of pyridine rings is 1. The van der Waals surface area contributed by atoms with Gasteiger partial charge in [0.05, 0.1) is 11.7 Å². The Balaban J connectivity index is 1.61. The Morgan fingerprint density at radius 3 is 2.44 bits per heavy atom. The van der Waals surface area contributed by atoms with Gasteiger partial charge in [-0.15, -0.1) is 0 Å². The van der Waals surface area contributed by atoms with Gasteiger partial charge in [0.15, 0.2) is 12.4 Å². The molecule has 32 heavy (non-hydrogen) atoms. The number of hydrogen-bond donors (Lipinski definition) is 2. The number of benzene rings is 2. The molecule has 0 aliphatic carbocycles. The predicted octanol–water partition coefficient (Wildman–Crippen LogP) is 3.44. The van der Waals surface area contributed by atoms with Crippen LogP contribution in [0.3, 0.4) is 0 Å². The van der Waals surface area contributed by atoms with E-state index in [1.165, 1.54) is 37.4 Å². The lowest BCUT2D eigenvalue weighted by atomic mass is 10.0. The average Bonchev–Trinajstić information content (AvgIpc) is 2.79. The standard InChI is InChI=1S/C24H22FN3O4/c1-16(29)21(14-17-8-3-2-4-9-17)27-22(30)15-32-24(31)18-10-7-13-26-23(18)28-20-12-6-5-11-19(20)25/h2-13,21H,14-15H2,1H3,(H,26,28)(H,27,30). The highest BCUT2D eigenvalue weighted by atomic mass is 19.1. The second-order valence-electron chi connectivity index (χ2n) is 7.00. The molecular weight excluding hydrogens is 413 g/mol. The van der Waals surface area contributed by atoms with Crippen molar-refractivity contribution in [3.63, 3.8) is 0 Å². The molecule has 0 bridgehead atoms. The van der Waals surface area contributed by atoms with Crippen molar-refractivity contribution in [1.29, 1.82) is 0 Å². The fraction of sp³-hybridized carbons (Fsp3) is 0.167. The van der Waals surface area contributed by atoms with Crippen LogP contribution in [0.2, 0.25) is 0 Å². The van der Waals surface area contributed by atoms with Crippen molar-refractivity contribution in [1.82, 2.24) is 10.3 Å². The van der Waals surface area contributed by atoms with E-state index in [1.54, 1.807) is 12.1 Å². The van der Waals surface area contributed by atoms with Crippen molar-refractivity contribution in [3.8, 4) is 0 Å². The van der Waals surface area contributed by atoms with Crippen molar-refractivity contribution < 1.29 is 23.5 Å². The Labute approximate surface area is 184 Å². The van der Waals surface area contributed by atoms with E-state index in [4.69, 9.17) is 4.74 Å². The fourth-order valence-electron chi connectivity index (χ4n) is 2.95. The van der Waals surface area contributed by atoms with Gasteiger partial charge in [-0.2, -0.15) is 0 Å². The molecule has 164 valence electrons. The molecule has 2 aromatic carbocycles. The highest BCUT2D eigenvalue weighted by Gasteiger charge is 2.20. The lowest BCUT2D eigenvalue weighted by Gasteiger charge is -2.16. The summed E-state index contributed by atoms with van der Waals surface area (Å²) in [5, 5.41) is 5.34. The molecule has 1 atom stereocenters. The van der Waals surface area contributed by atoms with Crippen molar-refractivity contribution in [2.45, 2.75) is 19.4 Å². The number of nitrogens with zero attached hydrogens (tertiary/aromatic N) is 1. The third-order valence-corrected chi connectivity index (χ3v) is 4.60. The van der Waals surface area contributed by atoms with Crippen molar-refractivity contribution in [2.24, 2.45) is 0 Å². The average molecular weight is 435 g/mol. The van der Waals surface area contributed by atoms with Crippen LogP contribution in [-0.4, -0.2) is 35.3 Å². The van der Waals surface area contributed by atoms with E-state index in [-0.39, 0.29) is 22.9 Å². The Kier molecular flexibility index (Phi) is 7.64. The molecule has 2 N–H and O–H groups in total. The van der Waals surface area contributed by atoms with E-state index >= 15 is 0 Å². The molecule has 0 saturated carbocycles. The van der Waals surface area contributed by atoms with Gasteiger partial charge in [0, 0.05) is 6.20 Å². The number of ether oxygens (including phenoxy) is 1. The van der Waals surface area contributed by atoms with Crippen LogP contribution >= 0.6 is 0 Å². The largest absolute Gasteiger partial charge is 0.452 e. The van der Waals surface area contributed by atoms with Crippen LogP contribution in [0.15, 0.2) is 72.9 Å². The maximum atomic E-state index is 13.9. The number of rotatable bonds is 9. The second kappa shape index (κ2) is 10.8. The number of ketones is 1. The molecule has 0 saturated heterocycles. The molecule has 3 aromatic rings. The van der Waals surface area contributed by atoms with Crippen LogP contribution in [0.1, 0.15) is 22.8 Å². The summed E-state index contributed by atoms with van der Waals surface area (Å²) >= 11 is 0. The second-order valence-corrected chi connectivity index (χ2v) is 7.00. The number of carbonyl (C=O) groups excluding carboxylic acids is 3. The summed E-state index contributed by atoms with van der Waals surface area (Å²) in [6.07, 6.45) is 1.77. The van der Waals surface area contributed by atoms with Crippen LogP contribution in [-0.2, 0) is 20.7 Å². The topological polar surface area (TPSA) is 97.4 Å². The first kappa shape index (κ1) is 22.6. The van der Waals surface area contributed by atoms with Crippen molar-refractivity contribution in [2.75, 3.05) is 11.9 Å². The van der Waals surface area contributed by atoms with Crippen LogP contribution in [0.4, 0.5) is 15.9 Å². The SMILES string of the molecule is CC(=O)C(Cc1ccccc1)NC(=O)COC(=O)c1cccnc1Nc1ccccc1F. The summed E-state index contributed by atoms with van der Waals surface area (Å²) < 4.78 is 19.0. The monoisotopic (exact) mass is 435 g/mol. The van der Waals surface area contributed by atoms with Crippen LogP contribution in [0.25, 0.3) is 0 Å². The molecule has 1 aromatic heterocycles. The molecule has 1 heterocycles. The third-order valence-electron chi connectivity index (χ3n) is 4.60. The number of esters is 1. The minimum absolute atomic E-state index is 0.0379. The van der Waals surface area contributed by atoms with Gasteiger partial charge in [-0.3, -0.25) is 9.59 Å². The molecule has 1 unspecified atom stereocenters. The zero-order chi connectivity index (χ0) is 22.9. The summed E-state index contributed by atoms with van der Waals surface area (Å²) in [5.74, 6) is -2.05. The minimum atomic E-state index is -0.811. The molecule has 0 aliphatic heterocycles. The van der Waals surface area contributed by atoms with Crippen LogP contribution < -0.4 is 10.6 Å². The lowest BCUT2D eigenvalue weighted by Crippen LogP contribution is -2.43. The lowest BCUT2D eigenvalue weighted by molar-refractivity contribution is -0.128. The maximum Gasteiger partial charge on any atom is 0.342 e. The number of Topliss-reactive ketones (excluding diaryl/α,β-unsaturated/α-hetero) is 1. The van der Waals surface area contributed by atoms with Crippen LogP contribution in [0.5, 0.6) is 0 Å². The van der Waals surface area contributed by atoms with Gasteiger partial charge < -0.3 is 15.4 Å². The van der Waals surface area contributed by atoms with Gasteiger partial charge in [0.1, 0.15) is 17.2 Å². The summed E-state index contributed by atoms with van der Waals surface area (Å²) in [5.41, 5.74) is 1.07. The van der Waals surface area contributed by atoms with Gasteiger partial charge in [0.2, 0.25) is 0 Å². The van der Waals surface area contributed by atoms with E-state index in [1.807, 2.05) is 30.3 Å². The van der Waals surface area contributed by atoms with Gasteiger partial charge in [-0.25, -0.2) is 14.2 Å². The van der Waals surface area contributed by atoms with Gasteiger partial charge in [-0.1, -0.05) is 42.5 Å².